The Labute approximate surface area is 150 Å². The van der Waals surface area contributed by atoms with Crippen LogP contribution in [0.15, 0.2) is 24.3 Å². The normalized spacial score (nSPS) is 16.8. The number of fused-ring (bicyclic) bond motifs is 1. The number of aromatic amines is 1. The van der Waals surface area contributed by atoms with Gasteiger partial charge in [0, 0.05) is 55.1 Å². The fraction of sp³-hybridized carbons (Fsp3) is 0.389. The summed E-state index contributed by atoms with van der Waals surface area (Å²) in [5.74, 6) is -0.267. The second kappa shape index (κ2) is 7.27. The van der Waals surface area contributed by atoms with E-state index in [2.05, 4.69) is 20.8 Å². The maximum Gasteiger partial charge on any atom is 0.276 e. The predicted molar refractivity (Wildman–Crippen MR) is 95.1 cm³/mol. The van der Waals surface area contributed by atoms with Gasteiger partial charge in [-0.2, -0.15) is 5.10 Å². The average Bonchev–Trinajstić information content (AvgIpc) is 3.13. The van der Waals surface area contributed by atoms with Crippen molar-refractivity contribution in [3.63, 3.8) is 0 Å². The molecule has 136 valence electrons. The largest absolute Gasteiger partial charge is 0.378 e. The summed E-state index contributed by atoms with van der Waals surface area (Å²) in [4.78, 5) is 26.7. The first-order chi connectivity index (χ1) is 12.7. The third kappa shape index (κ3) is 3.33. The number of anilines is 1. The quantitative estimate of drug-likeness (QED) is 0.756. The van der Waals surface area contributed by atoms with Gasteiger partial charge in [-0.3, -0.25) is 14.7 Å². The lowest BCUT2D eigenvalue weighted by molar-refractivity contribution is 0.0303. The Morgan fingerprint density at radius 1 is 1.15 bits per heavy atom. The van der Waals surface area contributed by atoms with Crippen molar-refractivity contribution in [2.75, 3.05) is 38.2 Å². The van der Waals surface area contributed by atoms with Crippen LogP contribution in [0.2, 0.25) is 0 Å². The topological polar surface area (TPSA) is 99.3 Å². The SMILES string of the molecule is O=C(Nc1ccc(C(=O)N2CCOCC2)cc1)c1n[nH]c2c1CNCC2. The number of H-pyrrole nitrogens is 1. The van der Waals surface area contributed by atoms with E-state index in [4.69, 9.17) is 4.74 Å². The van der Waals surface area contributed by atoms with E-state index >= 15 is 0 Å². The van der Waals surface area contributed by atoms with Crippen molar-refractivity contribution < 1.29 is 14.3 Å². The van der Waals surface area contributed by atoms with Crippen molar-refractivity contribution in [3.05, 3.63) is 46.8 Å². The zero-order valence-corrected chi connectivity index (χ0v) is 14.4. The number of carbonyl (C=O) groups is 2. The van der Waals surface area contributed by atoms with Crippen LogP contribution < -0.4 is 10.6 Å². The van der Waals surface area contributed by atoms with Crippen molar-refractivity contribution in [2.24, 2.45) is 0 Å². The lowest BCUT2D eigenvalue weighted by Gasteiger charge is -2.26. The standard InChI is InChI=1S/C18H21N5O3/c24-17(16-14-11-19-6-5-15(14)21-22-16)20-13-3-1-12(2-4-13)18(25)23-7-9-26-10-8-23/h1-4,19H,5-11H2,(H,20,24)(H,21,22). The molecule has 2 amide bonds. The van der Waals surface area contributed by atoms with Crippen LogP contribution in [0.5, 0.6) is 0 Å². The summed E-state index contributed by atoms with van der Waals surface area (Å²) in [6.45, 7) is 3.88. The van der Waals surface area contributed by atoms with E-state index < -0.39 is 0 Å². The van der Waals surface area contributed by atoms with Crippen LogP contribution in [0.3, 0.4) is 0 Å². The van der Waals surface area contributed by atoms with Gasteiger partial charge in [-0.25, -0.2) is 0 Å². The summed E-state index contributed by atoms with van der Waals surface area (Å²) in [6, 6.07) is 6.94. The first-order valence-corrected chi connectivity index (χ1v) is 8.77. The molecule has 0 radical (unpaired) electrons. The highest BCUT2D eigenvalue weighted by Gasteiger charge is 2.22. The van der Waals surface area contributed by atoms with E-state index in [-0.39, 0.29) is 11.8 Å². The van der Waals surface area contributed by atoms with Crippen LogP contribution in [0.25, 0.3) is 0 Å². The van der Waals surface area contributed by atoms with Gasteiger partial charge in [0.2, 0.25) is 0 Å². The molecule has 1 aromatic heterocycles. The van der Waals surface area contributed by atoms with Crippen molar-refractivity contribution in [1.82, 2.24) is 20.4 Å². The maximum atomic E-state index is 12.5. The van der Waals surface area contributed by atoms with E-state index in [9.17, 15) is 9.59 Å². The lowest BCUT2D eigenvalue weighted by Crippen LogP contribution is -2.40. The van der Waals surface area contributed by atoms with Crippen LogP contribution >= 0.6 is 0 Å². The molecular formula is C18H21N5O3. The van der Waals surface area contributed by atoms with Gasteiger partial charge in [-0.05, 0) is 24.3 Å². The first kappa shape index (κ1) is 16.7. The molecule has 0 bridgehead atoms. The molecular weight excluding hydrogens is 334 g/mol. The van der Waals surface area contributed by atoms with E-state index in [0.717, 1.165) is 24.2 Å². The molecule has 0 unspecified atom stereocenters. The van der Waals surface area contributed by atoms with Gasteiger partial charge < -0.3 is 20.3 Å². The summed E-state index contributed by atoms with van der Waals surface area (Å²) in [7, 11) is 0. The second-order valence-corrected chi connectivity index (χ2v) is 6.39. The molecule has 8 heteroatoms. The summed E-state index contributed by atoms with van der Waals surface area (Å²) < 4.78 is 5.27. The van der Waals surface area contributed by atoms with Gasteiger partial charge >= 0.3 is 0 Å². The monoisotopic (exact) mass is 355 g/mol. The van der Waals surface area contributed by atoms with Crippen LogP contribution in [-0.2, 0) is 17.7 Å². The molecule has 4 rings (SSSR count). The first-order valence-electron chi connectivity index (χ1n) is 8.77. The molecule has 0 spiro atoms. The third-order valence-electron chi connectivity index (χ3n) is 4.71. The van der Waals surface area contributed by atoms with Gasteiger partial charge in [0.25, 0.3) is 11.8 Å². The summed E-state index contributed by atoms with van der Waals surface area (Å²) in [5, 5.41) is 13.2. The molecule has 0 saturated carbocycles. The minimum atomic E-state index is -0.251. The molecule has 1 saturated heterocycles. The number of morpholine rings is 1. The smallest absolute Gasteiger partial charge is 0.276 e. The molecule has 2 aliphatic rings. The highest BCUT2D eigenvalue weighted by Crippen LogP contribution is 2.18. The molecule has 0 atom stereocenters. The molecule has 8 nitrogen and oxygen atoms in total. The molecule has 1 aromatic carbocycles. The third-order valence-corrected chi connectivity index (χ3v) is 4.71. The molecule has 1 fully saturated rings. The Morgan fingerprint density at radius 3 is 2.69 bits per heavy atom. The summed E-state index contributed by atoms with van der Waals surface area (Å²) in [6.07, 6.45) is 0.841. The number of aromatic nitrogens is 2. The van der Waals surface area contributed by atoms with Crippen molar-refractivity contribution in [1.29, 1.82) is 0 Å². The summed E-state index contributed by atoms with van der Waals surface area (Å²) in [5.41, 5.74) is 3.59. The molecule has 3 heterocycles. The van der Waals surface area contributed by atoms with Gasteiger partial charge in [0.15, 0.2) is 5.69 Å². The molecule has 0 aliphatic carbocycles. The van der Waals surface area contributed by atoms with Crippen molar-refractivity contribution in [3.8, 4) is 0 Å². The highest BCUT2D eigenvalue weighted by molar-refractivity contribution is 6.04. The molecule has 26 heavy (non-hydrogen) atoms. The van der Waals surface area contributed by atoms with E-state index in [1.165, 1.54) is 0 Å². The van der Waals surface area contributed by atoms with Crippen LogP contribution in [0.4, 0.5) is 5.69 Å². The maximum absolute atomic E-state index is 12.5. The minimum Gasteiger partial charge on any atom is -0.378 e. The fourth-order valence-corrected chi connectivity index (χ4v) is 3.25. The van der Waals surface area contributed by atoms with Gasteiger partial charge in [0.1, 0.15) is 0 Å². The Morgan fingerprint density at radius 2 is 1.92 bits per heavy atom. The van der Waals surface area contributed by atoms with Crippen LogP contribution in [0, 0.1) is 0 Å². The molecule has 2 aromatic rings. The van der Waals surface area contributed by atoms with Crippen molar-refractivity contribution in [2.45, 2.75) is 13.0 Å². The zero-order valence-electron chi connectivity index (χ0n) is 14.4. The summed E-state index contributed by atoms with van der Waals surface area (Å²) >= 11 is 0. The Bertz CT molecular complexity index is 809. The number of nitrogens with one attached hydrogen (secondary N) is 3. The van der Waals surface area contributed by atoms with Gasteiger partial charge in [0.05, 0.1) is 13.2 Å². The van der Waals surface area contributed by atoms with E-state index in [1.807, 2.05) is 0 Å². The molecule has 2 aliphatic heterocycles. The Balaban J connectivity index is 1.43. The number of hydrogen-bond donors (Lipinski definition) is 3. The predicted octanol–water partition coefficient (Wildman–Crippen LogP) is 0.780. The lowest BCUT2D eigenvalue weighted by atomic mass is 10.1. The Hall–Kier alpha value is -2.71. The van der Waals surface area contributed by atoms with Crippen molar-refractivity contribution >= 4 is 17.5 Å². The number of nitrogens with zero attached hydrogens (tertiary/aromatic N) is 2. The number of amides is 2. The number of ether oxygens (including phenoxy) is 1. The van der Waals surface area contributed by atoms with E-state index in [1.54, 1.807) is 29.2 Å². The fourth-order valence-electron chi connectivity index (χ4n) is 3.25. The average molecular weight is 355 g/mol. The second-order valence-electron chi connectivity index (χ2n) is 6.39. The highest BCUT2D eigenvalue weighted by atomic mass is 16.5. The van der Waals surface area contributed by atoms with Crippen LogP contribution in [0.1, 0.15) is 32.1 Å². The number of benzene rings is 1. The Kier molecular flexibility index (Phi) is 4.68. The zero-order chi connectivity index (χ0) is 17.9. The number of carbonyl (C=O) groups excluding carboxylic acids is 2. The number of rotatable bonds is 3. The molecule has 3 N–H and O–H groups in total. The van der Waals surface area contributed by atoms with Crippen LogP contribution in [-0.4, -0.2) is 59.8 Å². The van der Waals surface area contributed by atoms with Gasteiger partial charge in [-0.1, -0.05) is 0 Å². The van der Waals surface area contributed by atoms with Gasteiger partial charge in [-0.15, -0.1) is 0 Å². The number of hydrogen-bond acceptors (Lipinski definition) is 5. The minimum absolute atomic E-state index is 0.0152. The van der Waals surface area contributed by atoms with E-state index in [0.29, 0.717) is 49.8 Å².